The van der Waals surface area contributed by atoms with Crippen LogP contribution in [0.4, 0.5) is 23.4 Å². The molecule has 0 radical (unpaired) electrons. The van der Waals surface area contributed by atoms with Gasteiger partial charge in [0, 0.05) is 63.7 Å². The molecule has 222 valence electrons. The number of ether oxygens (including phenoxy) is 1. The van der Waals surface area contributed by atoms with Crippen LogP contribution in [0, 0.1) is 11.7 Å². The maximum absolute atomic E-state index is 14.9. The van der Waals surface area contributed by atoms with E-state index in [0.717, 1.165) is 51.2 Å². The second kappa shape index (κ2) is 12.6. The van der Waals surface area contributed by atoms with Gasteiger partial charge in [-0.25, -0.2) is 9.37 Å². The summed E-state index contributed by atoms with van der Waals surface area (Å²) in [7, 11) is 2.01. The highest BCUT2D eigenvalue weighted by atomic mass is 19.4. The fourth-order valence-corrected chi connectivity index (χ4v) is 4.88. The Morgan fingerprint density at radius 2 is 1.67 bits per heavy atom. The van der Waals surface area contributed by atoms with Crippen molar-refractivity contribution < 1.29 is 31.9 Å². The number of amides is 1. The van der Waals surface area contributed by atoms with Crippen molar-refractivity contribution in [2.75, 3.05) is 38.5 Å². The van der Waals surface area contributed by atoms with E-state index in [4.69, 9.17) is 4.74 Å². The number of halogens is 4. The van der Waals surface area contributed by atoms with Crippen molar-refractivity contribution in [1.29, 1.82) is 0 Å². The molecule has 0 spiro atoms. The van der Waals surface area contributed by atoms with E-state index in [0.29, 0.717) is 23.5 Å². The van der Waals surface area contributed by atoms with E-state index in [-0.39, 0.29) is 47.5 Å². The maximum Gasteiger partial charge on any atom is 0.416 e. The molecular formula is C31H32F4N4O3. The lowest BCUT2D eigenvalue weighted by Gasteiger charge is -2.32. The van der Waals surface area contributed by atoms with E-state index in [9.17, 15) is 27.2 Å². The molecule has 1 amide bonds. The third-order valence-corrected chi connectivity index (χ3v) is 7.34. The monoisotopic (exact) mass is 584 g/mol. The Kier molecular flexibility index (Phi) is 8.88. The highest BCUT2D eigenvalue weighted by Gasteiger charge is 2.32. The third-order valence-electron chi connectivity index (χ3n) is 7.34. The molecule has 1 aliphatic heterocycles. The van der Waals surface area contributed by atoms with Crippen molar-refractivity contribution in [1.82, 2.24) is 14.8 Å². The van der Waals surface area contributed by atoms with E-state index < -0.39 is 17.6 Å². The van der Waals surface area contributed by atoms with Gasteiger partial charge in [0.05, 0.1) is 5.56 Å². The summed E-state index contributed by atoms with van der Waals surface area (Å²) < 4.78 is 61.4. The summed E-state index contributed by atoms with van der Waals surface area (Å²) in [5, 5.41) is 2.70. The molecule has 1 aliphatic carbocycles. The lowest BCUT2D eigenvalue weighted by molar-refractivity contribution is -0.137. The molecule has 1 N–H and O–H groups in total. The number of Topliss-reactive ketones (excluding diaryl/α,β-unsaturated/α-hetero) is 1. The summed E-state index contributed by atoms with van der Waals surface area (Å²) >= 11 is 0. The number of anilines is 1. The van der Waals surface area contributed by atoms with Gasteiger partial charge >= 0.3 is 6.18 Å². The largest absolute Gasteiger partial charge is 0.454 e. The molecule has 3 aromatic rings. The number of likely N-dealkylation sites (N-methyl/N-ethyl adjacent to an activating group) is 1. The predicted octanol–water partition coefficient (Wildman–Crippen LogP) is 5.48. The van der Waals surface area contributed by atoms with Crippen molar-refractivity contribution in [3.63, 3.8) is 0 Å². The Labute approximate surface area is 241 Å². The van der Waals surface area contributed by atoms with E-state index in [2.05, 4.69) is 20.1 Å². The van der Waals surface area contributed by atoms with Crippen LogP contribution in [0.2, 0.25) is 0 Å². The van der Waals surface area contributed by atoms with Gasteiger partial charge in [0.1, 0.15) is 17.4 Å². The number of hydrogen-bond donors (Lipinski definition) is 1. The minimum Gasteiger partial charge on any atom is -0.454 e. The minimum absolute atomic E-state index is 0.00165. The molecule has 7 nitrogen and oxygen atoms in total. The number of pyridine rings is 1. The fourth-order valence-electron chi connectivity index (χ4n) is 4.88. The number of carbonyl (C=O) groups excluding carboxylic acids is 2. The number of rotatable bonds is 10. The van der Waals surface area contributed by atoms with Crippen LogP contribution in [-0.4, -0.2) is 59.7 Å². The number of benzene rings is 2. The predicted molar refractivity (Wildman–Crippen MR) is 149 cm³/mol. The van der Waals surface area contributed by atoms with Crippen molar-refractivity contribution in [2.24, 2.45) is 5.92 Å². The first-order valence-electron chi connectivity index (χ1n) is 13.9. The first-order chi connectivity index (χ1) is 20.0. The highest BCUT2D eigenvalue weighted by molar-refractivity contribution is 5.93. The van der Waals surface area contributed by atoms with Gasteiger partial charge in [0.2, 0.25) is 5.91 Å². The zero-order valence-corrected chi connectivity index (χ0v) is 23.2. The molecule has 2 aromatic carbocycles. The summed E-state index contributed by atoms with van der Waals surface area (Å²) in [5.41, 5.74) is 0.384. The van der Waals surface area contributed by atoms with E-state index >= 15 is 0 Å². The van der Waals surface area contributed by atoms with Gasteiger partial charge in [-0.15, -0.1) is 0 Å². The maximum atomic E-state index is 14.9. The second-order valence-corrected chi connectivity index (χ2v) is 11.0. The minimum atomic E-state index is -4.53. The van der Waals surface area contributed by atoms with Crippen LogP contribution >= 0.6 is 0 Å². The second-order valence-electron chi connectivity index (χ2n) is 11.0. The number of piperazine rings is 1. The van der Waals surface area contributed by atoms with Gasteiger partial charge in [-0.05, 0) is 66.9 Å². The summed E-state index contributed by atoms with van der Waals surface area (Å²) in [6.07, 6.45) is -1.75. The molecule has 0 bridgehead atoms. The molecule has 1 saturated carbocycles. The Morgan fingerprint density at radius 3 is 2.36 bits per heavy atom. The van der Waals surface area contributed by atoms with E-state index in [1.165, 1.54) is 36.5 Å². The van der Waals surface area contributed by atoms with Crippen LogP contribution in [0.3, 0.4) is 0 Å². The zero-order chi connectivity index (χ0) is 29.9. The summed E-state index contributed by atoms with van der Waals surface area (Å²) in [6, 6.07) is 10.9. The number of hydrogen-bond acceptors (Lipinski definition) is 6. The molecule has 2 aliphatic rings. The summed E-state index contributed by atoms with van der Waals surface area (Å²) in [5.74, 6) is -0.655. The average Bonchev–Trinajstić information content (AvgIpc) is 3.77. The van der Waals surface area contributed by atoms with E-state index in [1.807, 2.05) is 7.05 Å². The highest BCUT2D eigenvalue weighted by Crippen LogP contribution is 2.32. The SMILES string of the molecule is CN1CCN(Cc2cc(CC(=O)Cc3ccc(Oc4ccnc(NC(=O)C5CC5)c4)c(F)c3)cc(C(F)(F)F)c2)CC1. The number of nitrogens with one attached hydrogen (secondary N) is 1. The Bertz CT molecular complexity index is 1450. The molecular weight excluding hydrogens is 552 g/mol. The number of ketones is 1. The lowest BCUT2D eigenvalue weighted by Crippen LogP contribution is -2.43. The van der Waals surface area contributed by atoms with Gasteiger partial charge in [-0.3, -0.25) is 14.5 Å². The lowest BCUT2D eigenvalue weighted by atomic mass is 9.98. The van der Waals surface area contributed by atoms with Gasteiger partial charge in [-0.2, -0.15) is 13.2 Å². The quantitative estimate of drug-likeness (QED) is 0.318. The molecule has 2 heterocycles. The molecule has 1 saturated heterocycles. The Hall–Kier alpha value is -3.83. The van der Waals surface area contributed by atoms with Crippen molar-refractivity contribution in [2.45, 2.75) is 38.4 Å². The zero-order valence-electron chi connectivity index (χ0n) is 23.2. The first-order valence-corrected chi connectivity index (χ1v) is 13.9. The van der Waals surface area contributed by atoms with Gasteiger partial charge in [0.15, 0.2) is 11.6 Å². The van der Waals surface area contributed by atoms with Crippen LogP contribution in [-0.2, 0) is 35.2 Å². The Morgan fingerprint density at radius 1 is 0.952 bits per heavy atom. The molecule has 2 fully saturated rings. The molecule has 5 rings (SSSR count). The molecule has 0 atom stereocenters. The number of aromatic nitrogens is 1. The van der Waals surface area contributed by atoms with Crippen LogP contribution in [0.5, 0.6) is 11.5 Å². The van der Waals surface area contributed by atoms with Gasteiger partial charge in [-0.1, -0.05) is 12.1 Å². The Balaban J connectivity index is 1.22. The molecule has 11 heteroatoms. The standard InChI is InChI=1S/C31H32F4N4O3/c1-38-8-10-39(11-9-38)19-22-12-21(13-24(14-22)31(33,34)35)16-25(40)15-20-2-5-28(27(32)17-20)42-26-6-7-36-29(18-26)37-30(41)23-3-4-23/h2,5-7,12-14,17-18,23H,3-4,8-11,15-16,19H2,1H3,(H,36,37,41). The van der Waals surface area contributed by atoms with Crippen LogP contribution in [0.15, 0.2) is 54.7 Å². The number of alkyl halides is 3. The van der Waals surface area contributed by atoms with Crippen molar-refractivity contribution in [3.8, 4) is 11.5 Å². The topological polar surface area (TPSA) is 74.8 Å². The first kappa shape index (κ1) is 29.7. The normalized spacial score (nSPS) is 16.3. The van der Waals surface area contributed by atoms with E-state index in [1.54, 1.807) is 6.07 Å². The fraction of sp³-hybridized carbons (Fsp3) is 0.387. The van der Waals surface area contributed by atoms with Gasteiger partial charge in [0.25, 0.3) is 0 Å². The summed E-state index contributed by atoms with van der Waals surface area (Å²) in [4.78, 5) is 33.2. The van der Waals surface area contributed by atoms with Crippen LogP contribution in [0.25, 0.3) is 0 Å². The van der Waals surface area contributed by atoms with Crippen molar-refractivity contribution in [3.05, 3.63) is 82.8 Å². The smallest absolute Gasteiger partial charge is 0.416 e. The van der Waals surface area contributed by atoms with Crippen molar-refractivity contribution >= 4 is 17.5 Å². The molecule has 1 aromatic heterocycles. The molecule has 42 heavy (non-hydrogen) atoms. The number of nitrogens with zero attached hydrogens (tertiary/aromatic N) is 3. The average molecular weight is 585 g/mol. The number of carbonyl (C=O) groups is 2. The summed E-state index contributed by atoms with van der Waals surface area (Å²) in [6.45, 7) is 3.56. The third kappa shape index (κ3) is 8.13. The molecule has 0 unspecified atom stereocenters. The van der Waals surface area contributed by atoms with Gasteiger partial charge < -0.3 is 15.0 Å². The van der Waals surface area contributed by atoms with Crippen LogP contribution < -0.4 is 10.1 Å². The van der Waals surface area contributed by atoms with Crippen LogP contribution in [0.1, 0.15) is 35.1 Å².